The number of carbonyl (C=O) groups is 1. The molecule has 1 atom stereocenters. The van der Waals surface area contributed by atoms with Crippen molar-refractivity contribution in [1.82, 2.24) is 4.90 Å². The fraction of sp³-hybridized carbons (Fsp3) is 0.500. The molecule has 0 spiro atoms. The van der Waals surface area contributed by atoms with Gasteiger partial charge in [-0.2, -0.15) is 0 Å². The Balaban J connectivity index is 1.71. The van der Waals surface area contributed by atoms with Crippen LogP contribution in [0.1, 0.15) is 24.5 Å². The molecule has 4 heteroatoms. The lowest BCUT2D eigenvalue weighted by atomic mass is 10.1. The van der Waals surface area contributed by atoms with Gasteiger partial charge in [0.2, 0.25) is 5.91 Å². The van der Waals surface area contributed by atoms with Crippen molar-refractivity contribution in [3.8, 4) is 0 Å². The average Bonchev–Trinajstić information content (AvgIpc) is 3.22. The molecule has 0 radical (unpaired) electrons. The fourth-order valence-corrected chi connectivity index (χ4v) is 2.76. The number of hydrogen-bond acceptors (Lipinski definition) is 2. The lowest BCUT2D eigenvalue weighted by molar-refractivity contribution is -0.140. The highest BCUT2D eigenvalue weighted by molar-refractivity contribution is 9.10. The van der Waals surface area contributed by atoms with Gasteiger partial charge in [-0.05, 0) is 30.5 Å². The minimum atomic E-state index is 0.0129. The molecule has 1 aliphatic heterocycles. The summed E-state index contributed by atoms with van der Waals surface area (Å²) in [7, 11) is 0. The van der Waals surface area contributed by atoms with Gasteiger partial charge in [0.1, 0.15) is 6.10 Å². The number of amides is 1. The molecule has 0 N–H and O–H groups in total. The number of morpholine rings is 1. The zero-order valence-corrected chi connectivity index (χ0v) is 11.7. The first kappa shape index (κ1) is 12.2. The van der Waals surface area contributed by atoms with E-state index in [1.54, 1.807) is 0 Å². The van der Waals surface area contributed by atoms with Gasteiger partial charge in [-0.1, -0.05) is 28.1 Å². The summed E-state index contributed by atoms with van der Waals surface area (Å²) < 4.78 is 6.84. The van der Waals surface area contributed by atoms with E-state index < -0.39 is 0 Å². The van der Waals surface area contributed by atoms with Crippen molar-refractivity contribution in [3.05, 3.63) is 34.3 Å². The first-order valence-electron chi connectivity index (χ1n) is 6.40. The molecule has 1 amide bonds. The predicted octanol–water partition coefficient (Wildman–Crippen LogP) is 2.76. The normalized spacial score (nSPS) is 24.1. The third kappa shape index (κ3) is 2.59. The van der Waals surface area contributed by atoms with E-state index in [0.29, 0.717) is 25.0 Å². The van der Waals surface area contributed by atoms with Crippen LogP contribution in [0.5, 0.6) is 0 Å². The minimum absolute atomic E-state index is 0.0129. The van der Waals surface area contributed by atoms with Crippen molar-refractivity contribution in [3.63, 3.8) is 0 Å². The molecular weight excluding hydrogens is 294 g/mol. The fourth-order valence-electron chi connectivity index (χ4n) is 2.35. The van der Waals surface area contributed by atoms with Gasteiger partial charge in [0.25, 0.3) is 0 Å². The quantitative estimate of drug-likeness (QED) is 0.840. The molecule has 0 bridgehead atoms. The number of rotatable bonds is 2. The predicted molar refractivity (Wildman–Crippen MR) is 72.1 cm³/mol. The smallest absolute Gasteiger partial charge is 0.225 e. The van der Waals surface area contributed by atoms with E-state index >= 15 is 0 Å². The van der Waals surface area contributed by atoms with Crippen LogP contribution in [0.4, 0.5) is 0 Å². The van der Waals surface area contributed by atoms with E-state index in [2.05, 4.69) is 28.1 Å². The number of ether oxygens (including phenoxy) is 1. The highest BCUT2D eigenvalue weighted by atomic mass is 79.9. The van der Waals surface area contributed by atoms with Crippen molar-refractivity contribution >= 4 is 21.8 Å². The van der Waals surface area contributed by atoms with Crippen LogP contribution in [0.3, 0.4) is 0 Å². The van der Waals surface area contributed by atoms with Gasteiger partial charge in [0, 0.05) is 16.9 Å². The van der Waals surface area contributed by atoms with Gasteiger partial charge in [-0.25, -0.2) is 0 Å². The zero-order chi connectivity index (χ0) is 12.5. The van der Waals surface area contributed by atoms with E-state index in [9.17, 15) is 4.79 Å². The summed E-state index contributed by atoms with van der Waals surface area (Å²) in [6, 6.07) is 8.13. The lowest BCUT2D eigenvalue weighted by Crippen LogP contribution is -2.43. The van der Waals surface area contributed by atoms with Crippen molar-refractivity contribution in [2.24, 2.45) is 5.92 Å². The van der Waals surface area contributed by atoms with Crippen molar-refractivity contribution in [2.75, 3.05) is 19.7 Å². The molecule has 3 rings (SSSR count). The van der Waals surface area contributed by atoms with E-state index in [4.69, 9.17) is 4.74 Å². The first-order chi connectivity index (χ1) is 8.74. The van der Waals surface area contributed by atoms with Gasteiger partial charge in [0.05, 0.1) is 13.2 Å². The molecule has 1 saturated carbocycles. The molecule has 1 aromatic rings. The van der Waals surface area contributed by atoms with Crippen LogP contribution in [0.25, 0.3) is 0 Å². The standard InChI is InChI=1S/C14H16BrNO2/c15-12-3-1-2-11(8-12)13-9-16(6-7-18-13)14(17)10-4-5-10/h1-3,8,10,13H,4-7,9H2. The average molecular weight is 310 g/mol. The molecule has 1 aromatic carbocycles. The van der Waals surface area contributed by atoms with Crippen LogP contribution in [0, 0.1) is 5.92 Å². The maximum absolute atomic E-state index is 12.1. The second kappa shape index (κ2) is 5.02. The largest absolute Gasteiger partial charge is 0.370 e. The monoisotopic (exact) mass is 309 g/mol. The molecule has 0 aromatic heterocycles. The highest BCUT2D eigenvalue weighted by Crippen LogP contribution is 2.33. The van der Waals surface area contributed by atoms with E-state index in [-0.39, 0.29) is 6.10 Å². The maximum atomic E-state index is 12.1. The molecule has 18 heavy (non-hydrogen) atoms. The van der Waals surface area contributed by atoms with E-state index in [0.717, 1.165) is 29.4 Å². The molecule has 2 fully saturated rings. The number of carbonyl (C=O) groups excluding carboxylic acids is 1. The molecule has 96 valence electrons. The third-order valence-electron chi connectivity index (χ3n) is 3.53. The van der Waals surface area contributed by atoms with E-state index in [1.807, 2.05) is 17.0 Å². The second-order valence-corrected chi connectivity index (χ2v) is 5.89. The Morgan fingerprint density at radius 3 is 2.94 bits per heavy atom. The Morgan fingerprint density at radius 2 is 2.22 bits per heavy atom. The molecule has 1 saturated heterocycles. The van der Waals surface area contributed by atoms with Crippen LogP contribution < -0.4 is 0 Å². The van der Waals surface area contributed by atoms with Crippen LogP contribution in [-0.4, -0.2) is 30.5 Å². The summed E-state index contributed by atoms with van der Waals surface area (Å²) >= 11 is 3.47. The van der Waals surface area contributed by atoms with Crippen LogP contribution >= 0.6 is 15.9 Å². The molecule has 1 aliphatic carbocycles. The highest BCUT2D eigenvalue weighted by Gasteiger charge is 2.35. The summed E-state index contributed by atoms with van der Waals surface area (Å²) in [6.07, 6.45) is 2.15. The minimum Gasteiger partial charge on any atom is -0.370 e. The van der Waals surface area contributed by atoms with Crippen molar-refractivity contribution in [2.45, 2.75) is 18.9 Å². The SMILES string of the molecule is O=C(C1CC1)N1CCOC(c2cccc(Br)c2)C1. The topological polar surface area (TPSA) is 29.5 Å². The Morgan fingerprint density at radius 1 is 1.39 bits per heavy atom. The number of halogens is 1. The van der Waals surface area contributed by atoms with Crippen LogP contribution in [-0.2, 0) is 9.53 Å². The van der Waals surface area contributed by atoms with Crippen molar-refractivity contribution < 1.29 is 9.53 Å². The van der Waals surface area contributed by atoms with Gasteiger partial charge in [0.15, 0.2) is 0 Å². The Labute approximate surface area is 115 Å². The van der Waals surface area contributed by atoms with E-state index in [1.165, 1.54) is 0 Å². The van der Waals surface area contributed by atoms with Gasteiger partial charge >= 0.3 is 0 Å². The molecule has 3 nitrogen and oxygen atoms in total. The Kier molecular flexibility index (Phi) is 3.39. The van der Waals surface area contributed by atoms with Gasteiger partial charge in [-0.3, -0.25) is 4.79 Å². The third-order valence-corrected chi connectivity index (χ3v) is 4.02. The molecule has 1 unspecified atom stereocenters. The molecular formula is C14H16BrNO2. The molecule has 1 heterocycles. The first-order valence-corrected chi connectivity index (χ1v) is 7.19. The lowest BCUT2D eigenvalue weighted by Gasteiger charge is -2.33. The number of hydrogen-bond donors (Lipinski definition) is 0. The summed E-state index contributed by atoms with van der Waals surface area (Å²) in [6.45, 7) is 2.06. The number of benzene rings is 1. The Bertz CT molecular complexity index is 459. The second-order valence-electron chi connectivity index (χ2n) is 4.97. The van der Waals surface area contributed by atoms with Crippen LogP contribution in [0.2, 0.25) is 0 Å². The molecule has 2 aliphatic rings. The summed E-state index contributed by atoms with van der Waals surface area (Å²) in [5, 5.41) is 0. The zero-order valence-electron chi connectivity index (χ0n) is 10.1. The summed E-state index contributed by atoms with van der Waals surface area (Å²) in [4.78, 5) is 14.0. The summed E-state index contributed by atoms with van der Waals surface area (Å²) in [5.41, 5.74) is 1.14. The van der Waals surface area contributed by atoms with Gasteiger partial charge in [-0.15, -0.1) is 0 Å². The Hall–Kier alpha value is -0.870. The van der Waals surface area contributed by atoms with Crippen molar-refractivity contribution in [1.29, 1.82) is 0 Å². The maximum Gasteiger partial charge on any atom is 0.225 e. The van der Waals surface area contributed by atoms with Gasteiger partial charge < -0.3 is 9.64 Å². The number of nitrogens with zero attached hydrogens (tertiary/aromatic N) is 1. The van der Waals surface area contributed by atoms with Crippen LogP contribution in [0.15, 0.2) is 28.7 Å². The summed E-state index contributed by atoms with van der Waals surface area (Å²) in [5.74, 6) is 0.615.